The summed E-state index contributed by atoms with van der Waals surface area (Å²) in [5, 5.41) is 0. The van der Waals surface area contributed by atoms with Gasteiger partial charge in [-0.25, -0.2) is 0 Å². The first-order valence-electron chi connectivity index (χ1n) is 9.50. The smallest absolute Gasteiger partial charge is 0.00970 e. The van der Waals surface area contributed by atoms with E-state index in [0.717, 1.165) is 6.42 Å². The van der Waals surface area contributed by atoms with Gasteiger partial charge in [0.15, 0.2) is 0 Å². The fourth-order valence-corrected chi connectivity index (χ4v) is 2.65. The van der Waals surface area contributed by atoms with Crippen molar-refractivity contribution in [1.29, 1.82) is 0 Å². The first kappa shape index (κ1) is 24.2. The Bertz CT molecular complexity index is 230. The molecule has 134 valence electrons. The van der Waals surface area contributed by atoms with Crippen molar-refractivity contribution >= 4 is 12.4 Å². The number of hydrogen-bond donors (Lipinski definition) is 1. The second kappa shape index (κ2) is 17.3. The van der Waals surface area contributed by atoms with Gasteiger partial charge in [0.2, 0.25) is 0 Å². The van der Waals surface area contributed by atoms with Crippen LogP contribution in [0.4, 0.5) is 0 Å². The number of allylic oxidation sites excluding steroid dienone is 2. The maximum atomic E-state index is 5.98. The van der Waals surface area contributed by atoms with Gasteiger partial charge in [0, 0.05) is 5.54 Å². The molecule has 0 rings (SSSR count). The van der Waals surface area contributed by atoms with Gasteiger partial charge < -0.3 is 5.73 Å². The summed E-state index contributed by atoms with van der Waals surface area (Å²) in [7, 11) is 0. The van der Waals surface area contributed by atoms with Crippen LogP contribution in [-0.2, 0) is 0 Å². The van der Waals surface area contributed by atoms with Crippen LogP contribution in [0.1, 0.15) is 111 Å². The van der Waals surface area contributed by atoms with Crippen LogP contribution in [0.2, 0.25) is 0 Å². The number of halogens is 1. The molecule has 0 heterocycles. The van der Waals surface area contributed by atoms with Crippen LogP contribution in [0.15, 0.2) is 12.2 Å². The molecular weight excluding hydrogens is 290 g/mol. The minimum absolute atomic E-state index is 0. The van der Waals surface area contributed by atoms with E-state index >= 15 is 0 Å². The number of hydrogen-bond acceptors (Lipinski definition) is 1. The highest BCUT2D eigenvalue weighted by Gasteiger charge is 2.08. The maximum Gasteiger partial charge on any atom is 0.00970 e. The van der Waals surface area contributed by atoms with Crippen LogP contribution in [0, 0.1) is 0 Å². The molecule has 0 atom stereocenters. The Labute approximate surface area is 146 Å². The summed E-state index contributed by atoms with van der Waals surface area (Å²) in [4.78, 5) is 0. The van der Waals surface area contributed by atoms with Gasteiger partial charge in [0.1, 0.15) is 0 Å². The lowest BCUT2D eigenvalue weighted by atomic mass is 9.97. The van der Waals surface area contributed by atoms with Gasteiger partial charge in [-0.15, -0.1) is 12.4 Å². The van der Waals surface area contributed by atoms with Gasteiger partial charge in [-0.1, -0.05) is 76.9 Å². The zero-order chi connectivity index (χ0) is 15.8. The maximum absolute atomic E-state index is 5.98. The molecule has 0 bridgehead atoms. The average Bonchev–Trinajstić information content (AvgIpc) is 2.42. The van der Waals surface area contributed by atoms with E-state index in [1.807, 2.05) is 0 Å². The first-order chi connectivity index (χ1) is 10.1. The third kappa shape index (κ3) is 22.3. The Morgan fingerprint density at radius 2 is 1.09 bits per heavy atom. The molecule has 0 unspecified atom stereocenters. The number of nitrogens with two attached hydrogens (primary N) is 1. The fourth-order valence-electron chi connectivity index (χ4n) is 2.65. The third-order valence-electron chi connectivity index (χ3n) is 4.08. The minimum atomic E-state index is 0. The summed E-state index contributed by atoms with van der Waals surface area (Å²) in [5.41, 5.74) is 6.01. The van der Waals surface area contributed by atoms with Gasteiger partial charge in [0.25, 0.3) is 0 Å². The van der Waals surface area contributed by atoms with Crippen molar-refractivity contribution in [2.45, 2.75) is 116 Å². The van der Waals surface area contributed by atoms with Crippen molar-refractivity contribution < 1.29 is 0 Å². The predicted octanol–water partition coefficient (Wildman–Crippen LogP) is 7.18. The Kier molecular flexibility index (Phi) is 19.1. The van der Waals surface area contributed by atoms with E-state index in [0.29, 0.717) is 0 Å². The van der Waals surface area contributed by atoms with Crippen molar-refractivity contribution in [2.75, 3.05) is 0 Å². The van der Waals surface area contributed by atoms with Gasteiger partial charge in [-0.05, 0) is 46.0 Å². The SMILES string of the molecule is CCCCCCCC/C=C\CCCCCCCC(C)(C)N.Cl. The topological polar surface area (TPSA) is 26.0 Å². The van der Waals surface area contributed by atoms with E-state index in [2.05, 4.69) is 32.9 Å². The quantitative estimate of drug-likeness (QED) is 0.249. The molecule has 0 aromatic carbocycles. The van der Waals surface area contributed by atoms with Crippen LogP contribution in [-0.4, -0.2) is 5.54 Å². The summed E-state index contributed by atoms with van der Waals surface area (Å²) in [6, 6.07) is 0. The van der Waals surface area contributed by atoms with Crippen molar-refractivity contribution in [3.8, 4) is 0 Å². The van der Waals surface area contributed by atoms with E-state index in [1.165, 1.54) is 83.5 Å². The number of unbranched alkanes of at least 4 members (excludes halogenated alkanes) is 11. The van der Waals surface area contributed by atoms with Gasteiger partial charge >= 0.3 is 0 Å². The molecule has 0 saturated heterocycles. The lowest BCUT2D eigenvalue weighted by Crippen LogP contribution is -2.31. The highest BCUT2D eigenvalue weighted by molar-refractivity contribution is 5.85. The zero-order valence-corrected chi connectivity index (χ0v) is 16.4. The fraction of sp³-hybridized carbons (Fsp3) is 0.900. The van der Waals surface area contributed by atoms with Crippen molar-refractivity contribution in [2.24, 2.45) is 5.73 Å². The highest BCUT2D eigenvalue weighted by Crippen LogP contribution is 2.13. The lowest BCUT2D eigenvalue weighted by molar-refractivity contribution is 0.442. The molecule has 0 aliphatic rings. The zero-order valence-electron chi connectivity index (χ0n) is 15.5. The lowest BCUT2D eigenvalue weighted by Gasteiger charge is -2.17. The first-order valence-corrected chi connectivity index (χ1v) is 9.50. The Morgan fingerprint density at radius 1 is 0.682 bits per heavy atom. The Hall–Kier alpha value is -0.0100. The highest BCUT2D eigenvalue weighted by atomic mass is 35.5. The molecule has 0 radical (unpaired) electrons. The molecule has 2 N–H and O–H groups in total. The largest absolute Gasteiger partial charge is 0.326 e. The second-order valence-electron chi connectivity index (χ2n) is 7.32. The van der Waals surface area contributed by atoms with Crippen molar-refractivity contribution in [3.63, 3.8) is 0 Å². The van der Waals surface area contributed by atoms with E-state index in [-0.39, 0.29) is 17.9 Å². The van der Waals surface area contributed by atoms with Crippen LogP contribution in [0.25, 0.3) is 0 Å². The van der Waals surface area contributed by atoms with Gasteiger partial charge in [-0.2, -0.15) is 0 Å². The molecule has 0 saturated carbocycles. The Morgan fingerprint density at radius 3 is 1.55 bits per heavy atom. The number of rotatable bonds is 15. The molecule has 0 aliphatic heterocycles. The van der Waals surface area contributed by atoms with Crippen LogP contribution in [0.3, 0.4) is 0 Å². The Balaban J connectivity index is 0. The second-order valence-corrected chi connectivity index (χ2v) is 7.32. The monoisotopic (exact) mass is 331 g/mol. The molecule has 0 aromatic heterocycles. The molecule has 0 aliphatic carbocycles. The van der Waals surface area contributed by atoms with Gasteiger partial charge in [0.05, 0.1) is 0 Å². The van der Waals surface area contributed by atoms with Crippen LogP contribution in [0.5, 0.6) is 0 Å². The summed E-state index contributed by atoms with van der Waals surface area (Å²) in [6.45, 7) is 6.53. The van der Waals surface area contributed by atoms with Crippen LogP contribution >= 0.6 is 12.4 Å². The molecule has 0 spiro atoms. The summed E-state index contributed by atoms with van der Waals surface area (Å²) in [6.07, 6.45) is 23.7. The summed E-state index contributed by atoms with van der Waals surface area (Å²) < 4.78 is 0. The van der Waals surface area contributed by atoms with E-state index in [1.54, 1.807) is 0 Å². The van der Waals surface area contributed by atoms with Crippen molar-refractivity contribution in [3.05, 3.63) is 12.2 Å². The summed E-state index contributed by atoms with van der Waals surface area (Å²) in [5.74, 6) is 0. The standard InChI is InChI=1S/C20H41N.ClH/c1-4-5-6-7-8-9-10-11-12-13-14-15-16-17-18-19-20(2,3)21;/h11-12H,4-10,13-19,21H2,1-3H3;1H/b12-11-;. The third-order valence-corrected chi connectivity index (χ3v) is 4.08. The molecular formula is C20H42ClN. The summed E-state index contributed by atoms with van der Waals surface area (Å²) >= 11 is 0. The van der Waals surface area contributed by atoms with E-state index in [4.69, 9.17) is 5.73 Å². The normalized spacial score (nSPS) is 11.8. The van der Waals surface area contributed by atoms with E-state index < -0.39 is 0 Å². The van der Waals surface area contributed by atoms with E-state index in [9.17, 15) is 0 Å². The molecule has 22 heavy (non-hydrogen) atoms. The minimum Gasteiger partial charge on any atom is -0.326 e. The predicted molar refractivity (Wildman–Crippen MR) is 105 cm³/mol. The molecule has 0 amide bonds. The molecule has 0 fully saturated rings. The average molecular weight is 332 g/mol. The van der Waals surface area contributed by atoms with Crippen molar-refractivity contribution in [1.82, 2.24) is 0 Å². The molecule has 2 heteroatoms. The van der Waals surface area contributed by atoms with Gasteiger partial charge in [-0.3, -0.25) is 0 Å². The molecule has 1 nitrogen and oxygen atoms in total. The van der Waals surface area contributed by atoms with Crippen LogP contribution < -0.4 is 5.73 Å². The molecule has 0 aromatic rings.